The van der Waals surface area contributed by atoms with Crippen molar-refractivity contribution in [2.45, 2.75) is 19.4 Å². The summed E-state index contributed by atoms with van der Waals surface area (Å²) in [5.41, 5.74) is -1.58. The highest BCUT2D eigenvalue weighted by Crippen LogP contribution is 2.21. The lowest BCUT2D eigenvalue weighted by molar-refractivity contribution is -0.120. The largest absolute Gasteiger partial charge is 0.476 e. The minimum Gasteiger partial charge on any atom is -0.476 e. The van der Waals surface area contributed by atoms with Gasteiger partial charge in [-0.2, -0.15) is 0 Å². The minimum atomic E-state index is -3.01. The Balaban J connectivity index is 2.92. The van der Waals surface area contributed by atoms with Crippen molar-refractivity contribution in [1.82, 2.24) is 20.3 Å². The van der Waals surface area contributed by atoms with Crippen molar-refractivity contribution in [1.29, 1.82) is 0 Å². The molecule has 0 bridgehead atoms. The maximum atomic E-state index is 12.6. The first-order valence-corrected chi connectivity index (χ1v) is 4.62. The fourth-order valence-corrected chi connectivity index (χ4v) is 1.19. The number of carboxylic acids is 1. The molecule has 1 aromatic heterocycles. The van der Waals surface area contributed by atoms with Gasteiger partial charge in [-0.05, 0) is 0 Å². The summed E-state index contributed by atoms with van der Waals surface area (Å²) in [6, 6.07) is 0. The van der Waals surface area contributed by atoms with E-state index < -0.39 is 23.8 Å². The minimum absolute atomic E-state index is 0.0847. The van der Waals surface area contributed by atoms with Crippen molar-refractivity contribution < 1.29 is 23.5 Å². The van der Waals surface area contributed by atoms with Crippen LogP contribution in [-0.2, 0) is 11.3 Å². The number of aromatic carboxylic acids is 1. The van der Waals surface area contributed by atoms with Gasteiger partial charge in [0.2, 0.25) is 5.91 Å². The summed E-state index contributed by atoms with van der Waals surface area (Å²) in [6.07, 6.45) is -3.10. The molecule has 1 amide bonds. The Kier molecular flexibility index (Phi) is 4.07. The number of carbonyl (C=O) groups excluding carboxylic acids is 1. The summed E-state index contributed by atoms with van der Waals surface area (Å²) in [5.74, 6) is -1.94. The molecule has 0 aliphatic carbocycles. The molecule has 0 fully saturated rings. The predicted octanol–water partition coefficient (Wildman–Crippen LogP) is 0.0500. The summed E-state index contributed by atoms with van der Waals surface area (Å²) in [5, 5.41) is 17.4. The average Bonchev–Trinajstić information content (AvgIpc) is 2.69. The van der Waals surface area contributed by atoms with Crippen LogP contribution >= 0.6 is 0 Å². The smallest absolute Gasteiger partial charge is 0.358 e. The molecule has 1 aromatic rings. The van der Waals surface area contributed by atoms with E-state index in [0.717, 1.165) is 4.68 Å². The van der Waals surface area contributed by atoms with E-state index in [-0.39, 0.29) is 18.9 Å². The number of nitrogens with one attached hydrogen (secondary N) is 1. The van der Waals surface area contributed by atoms with Crippen molar-refractivity contribution >= 4 is 11.9 Å². The molecule has 0 unspecified atom stereocenters. The Hall–Kier alpha value is -2.06. The van der Waals surface area contributed by atoms with Crippen LogP contribution in [0.4, 0.5) is 8.78 Å². The molecule has 0 saturated heterocycles. The first-order chi connectivity index (χ1) is 7.97. The first-order valence-electron chi connectivity index (χ1n) is 4.62. The summed E-state index contributed by atoms with van der Waals surface area (Å²) >= 11 is 0. The van der Waals surface area contributed by atoms with Gasteiger partial charge in [-0.25, -0.2) is 18.3 Å². The third-order valence-electron chi connectivity index (χ3n) is 2.01. The Labute approximate surface area is 94.4 Å². The molecule has 0 aromatic carbocycles. The van der Waals surface area contributed by atoms with Gasteiger partial charge in [0.15, 0.2) is 5.69 Å². The van der Waals surface area contributed by atoms with Gasteiger partial charge in [0, 0.05) is 13.5 Å². The highest BCUT2D eigenvalue weighted by Gasteiger charge is 2.26. The molecule has 0 aliphatic rings. The second-order valence-corrected chi connectivity index (χ2v) is 3.08. The Morgan fingerprint density at radius 1 is 1.53 bits per heavy atom. The van der Waals surface area contributed by atoms with E-state index in [9.17, 15) is 18.4 Å². The highest BCUT2D eigenvalue weighted by atomic mass is 19.3. The topological polar surface area (TPSA) is 97.1 Å². The number of hydrogen-bond donors (Lipinski definition) is 2. The number of rotatable bonds is 5. The van der Waals surface area contributed by atoms with Crippen LogP contribution in [0.15, 0.2) is 0 Å². The second-order valence-electron chi connectivity index (χ2n) is 3.08. The average molecular weight is 248 g/mol. The Bertz CT molecular complexity index is 432. The highest BCUT2D eigenvalue weighted by molar-refractivity contribution is 5.86. The lowest BCUT2D eigenvalue weighted by atomic mass is 10.3. The van der Waals surface area contributed by atoms with E-state index in [2.05, 4.69) is 15.6 Å². The lowest BCUT2D eigenvalue weighted by Crippen LogP contribution is -2.20. The van der Waals surface area contributed by atoms with Crippen LogP contribution in [0, 0.1) is 0 Å². The standard InChI is InChI=1S/C8H10F2N4O3/c1-11-4(15)2-3-14-6(7(9)10)5(8(16)17)12-13-14/h7H,2-3H2,1H3,(H,11,15)(H,16,17). The van der Waals surface area contributed by atoms with E-state index in [0.29, 0.717) is 0 Å². The first kappa shape index (κ1) is 13.0. The maximum Gasteiger partial charge on any atom is 0.358 e. The monoisotopic (exact) mass is 248 g/mol. The number of nitrogens with zero attached hydrogens (tertiary/aromatic N) is 3. The zero-order valence-electron chi connectivity index (χ0n) is 8.85. The molecule has 1 heterocycles. The van der Waals surface area contributed by atoms with Crippen molar-refractivity contribution in [3.8, 4) is 0 Å². The van der Waals surface area contributed by atoms with Crippen LogP contribution in [0.1, 0.15) is 29.0 Å². The van der Waals surface area contributed by atoms with Crippen molar-refractivity contribution in [2.24, 2.45) is 0 Å². The van der Waals surface area contributed by atoms with Gasteiger partial charge < -0.3 is 10.4 Å². The van der Waals surface area contributed by atoms with E-state index in [1.165, 1.54) is 7.05 Å². The molecule has 0 spiro atoms. The van der Waals surface area contributed by atoms with Gasteiger partial charge in [0.1, 0.15) is 5.69 Å². The predicted molar refractivity (Wildman–Crippen MR) is 50.6 cm³/mol. The number of carbonyl (C=O) groups is 2. The summed E-state index contributed by atoms with van der Waals surface area (Å²) in [7, 11) is 1.40. The number of hydrogen-bond acceptors (Lipinski definition) is 4. The zero-order valence-corrected chi connectivity index (χ0v) is 8.85. The van der Waals surface area contributed by atoms with Gasteiger partial charge in [0.05, 0.1) is 6.54 Å². The summed E-state index contributed by atoms with van der Waals surface area (Å²) < 4.78 is 26.0. The van der Waals surface area contributed by atoms with E-state index in [1.807, 2.05) is 0 Å². The molecule has 0 saturated carbocycles. The van der Waals surface area contributed by atoms with Gasteiger partial charge in [-0.3, -0.25) is 4.79 Å². The number of aromatic nitrogens is 3. The number of amides is 1. The maximum absolute atomic E-state index is 12.6. The van der Waals surface area contributed by atoms with Gasteiger partial charge in [-0.1, -0.05) is 5.21 Å². The van der Waals surface area contributed by atoms with E-state index in [4.69, 9.17) is 5.11 Å². The Morgan fingerprint density at radius 3 is 2.65 bits per heavy atom. The third-order valence-corrected chi connectivity index (χ3v) is 2.01. The van der Waals surface area contributed by atoms with Crippen molar-refractivity contribution in [3.63, 3.8) is 0 Å². The molecule has 1 rings (SSSR count). The van der Waals surface area contributed by atoms with E-state index >= 15 is 0 Å². The molecule has 0 atom stereocenters. The third kappa shape index (κ3) is 2.95. The van der Waals surface area contributed by atoms with Crippen molar-refractivity contribution in [3.05, 3.63) is 11.4 Å². The molecule has 9 heteroatoms. The molecule has 7 nitrogen and oxygen atoms in total. The van der Waals surface area contributed by atoms with Crippen LogP contribution in [-0.4, -0.2) is 39.0 Å². The second kappa shape index (κ2) is 5.32. The SMILES string of the molecule is CNC(=O)CCn1nnc(C(=O)O)c1C(F)F. The van der Waals surface area contributed by atoms with Crippen LogP contribution in [0.3, 0.4) is 0 Å². The molecular weight excluding hydrogens is 238 g/mol. The van der Waals surface area contributed by atoms with Crippen LogP contribution < -0.4 is 5.32 Å². The van der Waals surface area contributed by atoms with Crippen LogP contribution in [0.2, 0.25) is 0 Å². The number of aryl methyl sites for hydroxylation is 1. The molecule has 17 heavy (non-hydrogen) atoms. The van der Waals surface area contributed by atoms with Gasteiger partial charge >= 0.3 is 5.97 Å². The van der Waals surface area contributed by atoms with E-state index in [1.54, 1.807) is 0 Å². The molecule has 0 radical (unpaired) electrons. The zero-order chi connectivity index (χ0) is 13.0. The van der Waals surface area contributed by atoms with Crippen LogP contribution in [0.5, 0.6) is 0 Å². The van der Waals surface area contributed by atoms with Gasteiger partial charge in [0.25, 0.3) is 6.43 Å². The van der Waals surface area contributed by atoms with Crippen LogP contribution in [0.25, 0.3) is 0 Å². The molecule has 0 aliphatic heterocycles. The van der Waals surface area contributed by atoms with Crippen molar-refractivity contribution in [2.75, 3.05) is 7.05 Å². The summed E-state index contributed by atoms with van der Waals surface area (Å²) in [6.45, 7) is -0.153. The normalized spacial score (nSPS) is 10.6. The fraction of sp³-hybridized carbons (Fsp3) is 0.500. The quantitative estimate of drug-likeness (QED) is 0.767. The number of alkyl halides is 2. The number of halogens is 2. The molecule has 94 valence electrons. The number of carboxylic acid groups (broad SMARTS) is 1. The molecule has 2 N–H and O–H groups in total. The van der Waals surface area contributed by atoms with Gasteiger partial charge in [-0.15, -0.1) is 5.10 Å². The Morgan fingerprint density at radius 2 is 2.18 bits per heavy atom. The molecular formula is C8H10F2N4O3. The lowest BCUT2D eigenvalue weighted by Gasteiger charge is -2.05. The summed E-state index contributed by atoms with van der Waals surface area (Å²) in [4.78, 5) is 21.5. The fourth-order valence-electron chi connectivity index (χ4n) is 1.19.